The molecule has 0 amide bonds. The smallest absolute Gasteiger partial charge is 0.320 e. The number of aromatic amines is 1. The highest BCUT2D eigenvalue weighted by Crippen LogP contribution is 2.20. The van der Waals surface area contributed by atoms with Crippen LogP contribution in [0.15, 0.2) is 42.6 Å². The Balaban J connectivity index is 1.94. The van der Waals surface area contributed by atoms with Gasteiger partial charge in [-0.2, -0.15) is 0 Å². The summed E-state index contributed by atoms with van der Waals surface area (Å²) >= 11 is 0. The molecule has 2 heterocycles. The van der Waals surface area contributed by atoms with E-state index in [1.807, 2.05) is 36.4 Å². The van der Waals surface area contributed by atoms with E-state index in [0.717, 1.165) is 22.3 Å². The molecule has 3 aromatic rings. The van der Waals surface area contributed by atoms with Crippen LogP contribution >= 0.6 is 0 Å². The second-order valence-electron chi connectivity index (χ2n) is 4.80. The van der Waals surface area contributed by atoms with Crippen molar-refractivity contribution in [3.63, 3.8) is 0 Å². The topological polar surface area (TPSA) is 105 Å². The zero-order valence-corrected chi connectivity index (χ0v) is 11.2. The predicted octanol–water partition coefficient (Wildman–Crippen LogP) is 1.58. The SMILES string of the molecule is N[C@@H](Cc1ccc2nc(-c3ccccn3)[nH]c2c1)C(=O)O. The van der Waals surface area contributed by atoms with Gasteiger partial charge in [0.1, 0.15) is 11.7 Å². The fourth-order valence-corrected chi connectivity index (χ4v) is 2.15. The van der Waals surface area contributed by atoms with E-state index in [2.05, 4.69) is 15.0 Å². The maximum atomic E-state index is 10.8. The van der Waals surface area contributed by atoms with Crippen LogP contribution < -0.4 is 5.73 Å². The van der Waals surface area contributed by atoms with Crippen LogP contribution in [-0.4, -0.2) is 32.1 Å². The highest BCUT2D eigenvalue weighted by atomic mass is 16.4. The van der Waals surface area contributed by atoms with E-state index in [1.54, 1.807) is 6.20 Å². The normalized spacial score (nSPS) is 12.4. The van der Waals surface area contributed by atoms with E-state index >= 15 is 0 Å². The molecular weight excluding hydrogens is 268 g/mol. The zero-order valence-electron chi connectivity index (χ0n) is 11.2. The third-order valence-corrected chi connectivity index (χ3v) is 3.23. The molecule has 6 heteroatoms. The number of hydrogen-bond acceptors (Lipinski definition) is 4. The second-order valence-corrected chi connectivity index (χ2v) is 4.80. The molecule has 0 spiro atoms. The monoisotopic (exact) mass is 282 g/mol. The van der Waals surface area contributed by atoms with Gasteiger partial charge in [-0.15, -0.1) is 0 Å². The van der Waals surface area contributed by atoms with Crippen LogP contribution in [0.3, 0.4) is 0 Å². The first kappa shape index (κ1) is 13.3. The summed E-state index contributed by atoms with van der Waals surface area (Å²) < 4.78 is 0. The van der Waals surface area contributed by atoms with E-state index in [4.69, 9.17) is 10.8 Å². The highest BCUT2D eigenvalue weighted by molar-refractivity contribution is 5.80. The molecule has 0 aliphatic heterocycles. The standard InChI is InChI=1S/C15H14N4O2/c16-10(15(20)21)7-9-4-5-11-13(8-9)19-14(18-11)12-3-1-2-6-17-12/h1-6,8,10H,7,16H2,(H,18,19)(H,20,21)/t10-/m0/s1. The number of pyridine rings is 1. The molecule has 0 saturated heterocycles. The molecule has 1 atom stereocenters. The Morgan fingerprint density at radius 2 is 2.19 bits per heavy atom. The van der Waals surface area contributed by atoms with Gasteiger partial charge in [0.05, 0.1) is 11.0 Å². The number of carbonyl (C=O) groups is 1. The number of imidazole rings is 1. The maximum absolute atomic E-state index is 10.8. The molecule has 1 aromatic carbocycles. The molecule has 21 heavy (non-hydrogen) atoms. The summed E-state index contributed by atoms with van der Waals surface area (Å²) in [4.78, 5) is 22.7. The van der Waals surface area contributed by atoms with Gasteiger partial charge in [-0.3, -0.25) is 9.78 Å². The summed E-state index contributed by atoms with van der Waals surface area (Å²) in [7, 11) is 0. The average Bonchev–Trinajstić information content (AvgIpc) is 2.91. The third kappa shape index (κ3) is 2.75. The van der Waals surface area contributed by atoms with Crippen LogP contribution in [0.25, 0.3) is 22.6 Å². The predicted molar refractivity (Wildman–Crippen MR) is 78.6 cm³/mol. The van der Waals surface area contributed by atoms with Crippen molar-refractivity contribution in [2.45, 2.75) is 12.5 Å². The number of nitrogens with zero attached hydrogens (tertiary/aromatic N) is 2. The van der Waals surface area contributed by atoms with Crippen molar-refractivity contribution in [3.8, 4) is 11.5 Å². The minimum atomic E-state index is -1.01. The van der Waals surface area contributed by atoms with Crippen molar-refractivity contribution in [2.75, 3.05) is 0 Å². The van der Waals surface area contributed by atoms with E-state index in [-0.39, 0.29) is 6.42 Å². The number of benzene rings is 1. The number of hydrogen-bond donors (Lipinski definition) is 3. The van der Waals surface area contributed by atoms with Crippen molar-refractivity contribution < 1.29 is 9.90 Å². The highest BCUT2D eigenvalue weighted by Gasteiger charge is 2.13. The van der Waals surface area contributed by atoms with Crippen LogP contribution in [0.4, 0.5) is 0 Å². The number of nitrogens with two attached hydrogens (primary N) is 1. The van der Waals surface area contributed by atoms with Gasteiger partial charge in [0, 0.05) is 6.20 Å². The first-order valence-electron chi connectivity index (χ1n) is 6.52. The van der Waals surface area contributed by atoms with Gasteiger partial charge in [0.25, 0.3) is 0 Å². The Kier molecular flexibility index (Phi) is 3.37. The average molecular weight is 282 g/mol. The molecular formula is C15H14N4O2. The van der Waals surface area contributed by atoms with Gasteiger partial charge in [0.15, 0.2) is 5.82 Å². The maximum Gasteiger partial charge on any atom is 0.320 e. The number of H-pyrrole nitrogens is 1. The first-order chi connectivity index (χ1) is 10.1. The van der Waals surface area contributed by atoms with E-state index < -0.39 is 12.0 Å². The van der Waals surface area contributed by atoms with Gasteiger partial charge in [-0.25, -0.2) is 4.98 Å². The Morgan fingerprint density at radius 3 is 2.90 bits per heavy atom. The molecule has 0 radical (unpaired) electrons. The number of nitrogens with one attached hydrogen (secondary N) is 1. The Bertz CT molecular complexity index is 783. The fraction of sp³-hybridized carbons (Fsp3) is 0.133. The summed E-state index contributed by atoms with van der Waals surface area (Å²) in [5.74, 6) is -0.320. The summed E-state index contributed by atoms with van der Waals surface area (Å²) in [5.41, 5.74) is 8.82. The Hall–Kier alpha value is -2.73. The van der Waals surface area contributed by atoms with Crippen molar-refractivity contribution in [3.05, 3.63) is 48.2 Å². The quantitative estimate of drug-likeness (QED) is 0.673. The van der Waals surface area contributed by atoms with Gasteiger partial charge in [-0.1, -0.05) is 12.1 Å². The molecule has 0 bridgehead atoms. The first-order valence-corrected chi connectivity index (χ1v) is 6.52. The van der Waals surface area contributed by atoms with Gasteiger partial charge in [0.2, 0.25) is 0 Å². The van der Waals surface area contributed by atoms with Crippen molar-refractivity contribution in [2.24, 2.45) is 5.73 Å². The van der Waals surface area contributed by atoms with Gasteiger partial charge in [-0.05, 0) is 36.2 Å². The summed E-state index contributed by atoms with van der Waals surface area (Å²) in [5, 5.41) is 8.86. The molecule has 0 aliphatic rings. The van der Waals surface area contributed by atoms with Crippen LogP contribution in [-0.2, 0) is 11.2 Å². The third-order valence-electron chi connectivity index (χ3n) is 3.23. The fourth-order valence-electron chi connectivity index (χ4n) is 2.15. The van der Waals surface area contributed by atoms with E-state index in [1.165, 1.54) is 0 Å². The molecule has 4 N–H and O–H groups in total. The molecule has 0 saturated carbocycles. The lowest BCUT2D eigenvalue weighted by molar-refractivity contribution is -0.138. The van der Waals surface area contributed by atoms with Gasteiger partial charge < -0.3 is 15.8 Å². The molecule has 2 aromatic heterocycles. The summed E-state index contributed by atoms with van der Waals surface area (Å²) in [6.45, 7) is 0. The van der Waals surface area contributed by atoms with Crippen LogP contribution in [0.5, 0.6) is 0 Å². The Labute approximate surface area is 120 Å². The summed E-state index contributed by atoms with van der Waals surface area (Å²) in [6, 6.07) is 10.3. The Morgan fingerprint density at radius 1 is 1.33 bits per heavy atom. The molecule has 106 valence electrons. The van der Waals surface area contributed by atoms with Crippen molar-refractivity contribution in [1.82, 2.24) is 15.0 Å². The van der Waals surface area contributed by atoms with Crippen LogP contribution in [0.2, 0.25) is 0 Å². The number of fused-ring (bicyclic) bond motifs is 1. The molecule has 0 aliphatic carbocycles. The zero-order chi connectivity index (χ0) is 14.8. The van der Waals surface area contributed by atoms with E-state index in [9.17, 15) is 4.79 Å². The number of rotatable bonds is 4. The van der Waals surface area contributed by atoms with Crippen molar-refractivity contribution in [1.29, 1.82) is 0 Å². The second kappa shape index (κ2) is 5.34. The number of aromatic nitrogens is 3. The van der Waals surface area contributed by atoms with E-state index in [0.29, 0.717) is 5.82 Å². The number of carboxylic acid groups (broad SMARTS) is 1. The number of carboxylic acids is 1. The van der Waals surface area contributed by atoms with Gasteiger partial charge >= 0.3 is 5.97 Å². The lowest BCUT2D eigenvalue weighted by Crippen LogP contribution is -2.32. The van der Waals surface area contributed by atoms with Crippen molar-refractivity contribution >= 4 is 17.0 Å². The molecule has 0 unspecified atom stereocenters. The minimum Gasteiger partial charge on any atom is -0.480 e. The molecule has 0 fully saturated rings. The minimum absolute atomic E-state index is 0.281. The van der Waals surface area contributed by atoms with Crippen LogP contribution in [0, 0.1) is 0 Å². The lowest BCUT2D eigenvalue weighted by atomic mass is 10.1. The number of aliphatic carboxylic acids is 1. The lowest BCUT2D eigenvalue weighted by Gasteiger charge is -2.05. The van der Waals surface area contributed by atoms with Crippen LogP contribution in [0.1, 0.15) is 5.56 Å². The molecule has 3 rings (SSSR count). The molecule has 6 nitrogen and oxygen atoms in total. The largest absolute Gasteiger partial charge is 0.480 e. The summed E-state index contributed by atoms with van der Waals surface area (Å²) in [6.07, 6.45) is 1.99.